The van der Waals surface area contributed by atoms with E-state index in [2.05, 4.69) is 0 Å². The van der Waals surface area contributed by atoms with E-state index < -0.39 is 115 Å². The van der Waals surface area contributed by atoms with E-state index in [1.165, 1.54) is 0 Å². The molecule has 1 fully saturated rings. The molecule has 0 amide bonds. The van der Waals surface area contributed by atoms with Gasteiger partial charge in [-0.05, 0) is 36.4 Å². The summed E-state index contributed by atoms with van der Waals surface area (Å²) >= 11 is 0. The lowest BCUT2D eigenvalue weighted by Crippen LogP contribution is -2.73. The number of Topliss-reactive ketones (excluding diaryl/α,β-unsaturated/α-hetero) is 3. The maximum absolute atomic E-state index is 13.9. The van der Waals surface area contributed by atoms with Crippen molar-refractivity contribution in [3.63, 3.8) is 0 Å². The van der Waals surface area contributed by atoms with E-state index in [-0.39, 0.29) is 0 Å². The summed E-state index contributed by atoms with van der Waals surface area (Å²) in [4.78, 5) is 41.3. The summed E-state index contributed by atoms with van der Waals surface area (Å²) in [6.45, 7) is -1.55. The molecule has 4 atom stereocenters. The van der Waals surface area contributed by atoms with Gasteiger partial charge in [-0.15, -0.1) is 0 Å². The van der Waals surface area contributed by atoms with Gasteiger partial charge in [0, 0.05) is 16.7 Å². The number of ether oxygens (including phenoxy) is 1. The van der Waals surface area contributed by atoms with Crippen LogP contribution in [0.1, 0.15) is 31.1 Å². The number of aliphatic hydroxyl groups is 4. The van der Waals surface area contributed by atoms with Crippen molar-refractivity contribution in [1.82, 2.24) is 0 Å². The SMILES string of the molecule is O=C(c1cc(O)c(O)c(O)c1)C1(O)O[C@H](CO)[C@](O)(C(=O)c2cc(O)c(O)c(O)c2)[C@]1(O)C(=O)c1cc(O)c(O)c(O)c1. The second-order valence-corrected chi connectivity index (χ2v) is 9.49. The Kier molecular flexibility index (Phi) is 7.05. The highest BCUT2D eigenvalue weighted by Crippen LogP contribution is 2.52. The smallest absolute Gasteiger partial charge is 0.272 e. The van der Waals surface area contributed by atoms with Crippen LogP contribution in [0.4, 0.5) is 0 Å². The Morgan fingerprint density at radius 3 is 1.19 bits per heavy atom. The van der Waals surface area contributed by atoms with Crippen LogP contribution in [0.2, 0.25) is 0 Å². The second-order valence-electron chi connectivity index (χ2n) is 9.49. The molecule has 1 saturated heterocycles. The molecular formula is C26H22O17. The fourth-order valence-corrected chi connectivity index (χ4v) is 4.72. The molecule has 1 heterocycles. The molecule has 3 aromatic carbocycles. The minimum atomic E-state index is -4.33. The maximum Gasteiger partial charge on any atom is 0.272 e. The molecule has 0 spiro atoms. The van der Waals surface area contributed by atoms with Gasteiger partial charge >= 0.3 is 0 Å². The number of benzene rings is 3. The zero-order valence-electron chi connectivity index (χ0n) is 21.2. The van der Waals surface area contributed by atoms with Crippen LogP contribution < -0.4 is 0 Å². The predicted molar refractivity (Wildman–Crippen MR) is 134 cm³/mol. The van der Waals surface area contributed by atoms with Gasteiger partial charge in [0.25, 0.3) is 5.79 Å². The molecule has 1 aliphatic heterocycles. The molecule has 228 valence electrons. The molecule has 1 aliphatic rings. The number of hydrogen-bond acceptors (Lipinski definition) is 17. The van der Waals surface area contributed by atoms with Crippen LogP contribution in [0.5, 0.6) is 51.7 Å². The largest absolute Gasteiger partial charge is 0.504 e. The topological polar surface area (TPSA) is 323 Å². The first-order valence-corrected chi connectivity index (χ1v) is 11.7. The molecule has 13 N–H and O–H groups in total. The highest BCUT2D eigenvalue weighted by molar-refractivity contribution is 6.18. The number of rotatable bonds is 7. The molecule has 0 aliphatic carbocycles. The zero-order valence-corrected chi connectivity index (χ0v) is 21.2. The molecular weight excluding hydrogens is 584 g/mol. The first-order chi connectivity index (χ1) is 19.9. The van der Waals surface area contributed by atoms with E-state index in [0.29, 0.717) is 36.4 Å². The Labute approximate surface area is 237 Å². The van der Waals surface area contributed by atoms with Gasteiger partial charge in [-0.3, -0.25) is 14.4 Å². The lowest BCUT2D eigenvalue weighted by molar-refractivity contribution is -0.217. The van der Waals surface area contributed by atoms with E-state index in [1.54, 1.807) is 0 Å². The van der Waals surface area contributed by atoms with Crippen LogP contribution in [0.15, 0.2) is 36.4 Å². The Hall–Kier alpha value is -5.33. The van der Waals surface area contributed by atoms with Gasteiger partial charge in [0.15, 0.2) is 57.3 Å². The number of aromatic hydroxyl groups is 9. The van der Waals surface area contributed by atoms with Crippen LogP contribution in [-0.2, 0) is 4.74 Å². The molecule has 0 bridgehead atoms. The fraction of sp³-hybridized carbons (Fsp3) is 0.192. The summed E-state index contributed by atoms with van der Waals surface area (Å²) in [5, 5.41) is 134. The number of carbonyl (C=O) groups is 3. The van der Waals surface area contributed by atoms with Gasteiger partial charge in [-0.1, -0.05) is 0 Å². The Bertz CT molecular complexity index is 1630. The quantitative estimate of drug-likeness (QED) is 0.108. The number of phenolic OH excluding ortho intramolecular Hbond substituents is 9. The Balaban J connectivity index is 2.06. The number of aliphatic hydroxyl groups excluding tert-OH is 1. The monoisotopic (exact) mass is 606 g/mol. The van der Waals surface area contributed by atoms with Crippen molar-refractivity contribution >= 4 is 17.3 Å². The Morgan fingerprint density at radius 1 is 0.558 bits per heavy atom. The molecule has 0 saturated carbocycles. The van der Waals surface area contributed by atoms with Crippen LogP contribution in [0, 0.1) is 0 Å². The van der Waals surface area contributed by atoms with Crippen LogP contribution in [0.3, 0.4) is 0 Å². The first-order valence-electron chi connectivity index (χ1n) is 11.7. The average molecular weight is 606 g/mol. The van der Waals surface area contributed by atoms with Crippen LogP contribution in [0.25, 0.3) is 0 Å². The molecule has 0 aromatic heterocycles. The van der Waals surface area contributed by atoms with E-state index in [9.17, 15) is 80.8 Å². The van der Waals surface area contributed by atoms with E-state index in [0.717, 1.165) is 0 Å². The molecule has 17 nitrogen and oxygen atoms in total. The van der Waals surface area contributed by atoms with Gasteiger partial charge < -0.3 is 71.1 Å². The molecule has 4 rings (SSSR count). The second kappa shape index (κ2) is 9.89. The molecule has 1 unspecified atom stereocenters. The van der Waals surface area contributed by atoms with Crippen molar-refractivity contribution < 1.29 is 85.5 Å². The predicted octanol–water partition coefficient (Wildman–Crippen LogP) is -1.47. The fourth-order valence-electron chi connectivity index (χ4n) is 4.72. The lowest BCUT2D eigenvalue weighted by atomic mass is 9.67. The summed E-state index contributed by atoms with van der Waals surface area (Å²) in [5.41, 5.74) is -11.4. The van der Waals surface area contributed by atoms with Crippen molar-refractivity contribution in [3.8, 4) is 51.7 Å². The van der Waals surface area contributed by atoms with Crippen molar-refractivity contribution in [2.24, 2.45) is 0 Å². The van der Waals surface area contributed by atoms with Gasteiger partial charge in [0.2, 0.25) is 23.0 Å². The van der Waals surface area contributed by atoms with Crippen molar-refractivity contribution in [1.29, 1.82) is 0 Å². The third kappa shape index (κ3) is 4.10. The standard InChI is InChI=1S/C26H22O17/c27-7-17-24(40,21(37)8-1-11(28)18(34)12(29)2-8)25(41,22(38)9-3-13(30)19(35)14(31)4-9)26(42,43-17)23(39)10-5-15(32)20(36)16(33)6-10/h1-6,17,27-36,40-42H,7H2/t17-,24+,25-,26?/m1/s1. The zero-order chi connectivity index (χ0) is 32.4. The maximum atomic E-state index is 13.9. The van der Waals surface area contributed by atoms with Gasteiger partial charge in [0.05, 0.1) is 6.61 Å². The van der Waals surface area contributed by atoms with Crippen LogP contribution >= 0.6 is 0 Å². The van der Waals surface area contributed by atoms with Gasteiger partial charge in [0.1, 0.15) is 6.10 Å². The van der Waals surface area contributed by atoms with E-state index in [1.807, 2.05) is 0 Å². The molecule has 17 heteroatoms. The summed E-state index contributed by atoms with van der Waals surface area (Å²) in [6, 6.07) is 2.39. The van der Waals surface area contributed by atoms with Crippen molar-refractivity contribution in [3.05, 3.63) is 53.1 Å². The highest BCUT2D eigenvalue weighted by Gasteiger charge is 2.81. The van der Waals surface area contributed by atoms with E-state index >= 15 is 0 Å². The summed E-state index contributed by atoms with van der Waals surface area (Å²) in [6.07, 6.45) is -2.63. The normalized spacial score (nSPS) is 25.0. The van der Waals surface area contributed by atoms with Gasteiger partial charge in [-0.2, -0.15) is 0 Å². The molecule has 0 radical (unpaired) electrons. The van der Waals surface area contributed by atoms with Crippen LogP contribution in [-0.4, -0.2) is 113 Å². The number of phenols is 9. The lowest BCUT2D eigenvalue weighted by Gasteiger charge is -2.40. The third-order valence-electron chi connectivity index (χ3n) is 6.96. The number of carbonyl (C=O) groups excluding carboxylic acids is 3. The average Bonchev–Trinajstić information content (AvgIpc) is 3.15. The summed E-state index contributed by atoms with van der Waals surface area (Å²) < 4.78 is 5.05. The van der Waals surface area contributed by atoms with E-state index in [4.69, 9.17) is 4.74 Å². The third-order valence-corrected chi connectivity index (χ3v) is 6.96. The minimum absolute atomic E-state index is 0.369. The number of ketones is 3. The summed E-state index contributed by atoms with van der Waals surface area (Å²) in [7, 11) is 0. The van der Waals surface area contributed by atoms with Crippen molar-refractivity contribution in [2.45, 2.75) is 23.1 Å². The minimum Gasteiger partial charge on any atom is -0.504 e. The number of hydrogen-bond donors (Lipinski definition) is 13. The molecule has 43 heavy (non-hydrogen) atoms. The highest BCUT2D eigenvalue weighted by atomic mass is 16.7. The summed E-state index contributed by atoms with van der Waals surface area (Å²) in [5.74, 6) is -20.8. The first kappa shape index (κ1) is 30.6. The van der Waals surface area contributed by atoms with Crippen molar-refractivity contribution in [2.75, 3.05) is 6.61 Å². The van der Waals surface area contributed by atoms with Gasteiger partial charge in [-0.25, -0.2) is 0 Å². The Morgan fingerprint density at radius 2 is 0.860 bits per heavy atom. The molecule has 3 aromatic rings.